The van der Waals surface area contributed by atoms with Crippen LogP contribution in [0.15, 0.2) is 30.8 Å². The van der Waals surface area contributed by atoms with E-state index in [1.165, 1.54) is 12.1 Å². The number of halogens is 3. The van der Waals surface area contributed by atoms with Crippen molar-refractivity contribution in [1.82, 2.24) is 5.32 Å². The third-order valence-electron chi connectivity index (χ3n) is 3.41. The van der Waals surface area contributed by atoms with Gasteiger partial charge in [-0.15, -0.1) is 0 Å². The summed E-state index contributed by atoms with van der Waals surface area (Å²) < 4.78 is 37.3. The van der Waals surface area contributed by atoms with E-state index < -0.39 is 11.7 Å². The molecule has 4 heteroatoms. The van der Waals surface area contributed by atoms with E-state index in [1.54, 1.807) is 0 Å². The lowest BCUT2D eigenvalue weighted by Crippen LogP contribution is -2.28. The molecule has 0 spiro atoms. The fraction of sp³-hybridized carbons (Fsp3) is 0.429. The number of alkyl halides is 3. The second-order valence-corrected chi connectivity index (χ2v) is 4.62. The zero-order valence-electron chi connectivity index (χ0n) is 10.1. The molecule has 98 valence electrons. The van der Waals surface area contributed by atoms with Crippen LogP contribution < -0.4 is 5.32 Å². The Morgan fingerprint density at radius 2 is 1.67 bits per heavy atom. The van der Waals surface area contributed by atoms with Crippen LogP contribution in [0.2, 0.25) is 0 Å². The summed E-state index contributed by atoms with van der Waals surface area (Å²) in [6, 6.07) is 5.30. The van der Waals surface area contributed by atoms with Gasteiger partial charge < -0.3 is 5.32 Å². The van der Waals surface area contributed by atoms with Gasteiger partial charge in [0.1, 0.15) is 0 Å². The van der Waals surface area contributed by atoms with E-state index >= 15 is 0 Å². The molecule has 0 unspecified atom stereocenters. The van der Waals surface area contributed by atoms with E-state index in [0.29, 0.717) is 5.92 Å². The monoisotopic (exact) mass is 255 g/mol. The van der Waals surface area contributed by atoms with E-state index in [0.717, 1.165) is 49.2 Å². The number of rotatable bonds is 2. The summed E-state index contributed by atoms with van der Waals surface area (Å²) in [4.78, 5) is 0. The minimum Gasteiger partial charge on any atom is -0.317 e. The van der Waals surface area contributed by atoms with Gasteiger partial charge in [-0.05, 0) is 55.1 Å². The maximum absolute atomic E-state index is 12.4. The number of piperidine rings is 1. The van der Waals surface area contributed by atoms with Gasteiger partial charge in [0.25, 0.3) is 0 Å². The maximum atomic E-state index is 12.4. The first-order valence-electron chi connectivity index (χ1n) is 6.05. The standard InChI is InChI=1S/C14H16F3N/c1-10(12-6-8-18-9-7-12)11-2-4-13(5-3-11)14(15,16)17/h2-5,12,18H,1,6-9H2. The van der Waals surface area contributed by atoms with Crippen LogP contribution in [0.1, 0.15) is 24.0 Å². The predicted molar refractivity (Wildman–Crippen MR) is 66.1 cm³/mol. The highest BCUT2D eigenvalue weighted by atomic mass is 19.4. The Balaban J connectivity index is 2.11. The fourth-order valence-electron chi connectivity index (χ4n) is 2.28. The van der Waals surface area contributed by atoms with Crippen molar-refractivity contribution in [2.75, 3.05) is 13.1 Å². The molecular formula is C14H16F3N. The molecule has 1 aliphatic heterocycles. The Kier molecular flexibility index (Phi) is 3.76. The topological polar surface area (TPSA) is 12.0 Å². The summed E-state index contributed by atoms with van der Waals surface area (Å²) >= 11 is 0. The molecule has 0 saturated carbocycles. The van der Waals surface area contributed by atoms with E-state index in [-0.39, 0.29) is 0 Å². The van der Waals surface area contributed by atoms with Gasteiger partial charge in [-0.25, -0.2) is 0 Å². The Hall–Kier alpha value is -1.29. The number of nitrogens with one attached hydrogen (secondary N) is 1. The molecule has 0 amide bonds. The van der Waals surface area contributed by atoms with Crippen LogP contribution in [0.3, 0.4) is 0 Å². The predicted octanol–water partition coefficient (Wildman–Crippen LogP) is 3.72. The maximum Gasteiger partial charge on any atom is 0.416 e. The molecule has 1 aromatic carbocycles. The quantitative estimate of drug-likeness (QED) is 0.849. The van der Waals surface area contributed by atoms with Crippen molar-refractivity contribution in [3.63, 3.8) is 0 Å². The van der Waals surface area contributed by atoms with Crippen molar-refractivity contribution in [3.8, 4) is 0 Å². The minimum atomic E-state index is -4.27. The largest absolute Gasteiger partial charge is 0.416 e. The molecule has 0 aliphatic carbocycles. The van der Waals surface area contributed by atoms with Crippen LogP contribution in [-0.2, 0) is 6.18 Å². The van der Waals surface area contributed by atoms with Gasteiger partial charge in [-0.3, -0.25) is 0 Å². The average molecular weight is 255 g/mol. The molecule has 1 N–H and O–H groups in total. The second kappa shape index (κ2) is 5.14. The fourth-order valence-corrected chi connectivity index (χ4v) is 2.28. The van der Waals surface area contributed by atoms with Crippen molar-refractivity contribution >= 4 is 5.57 Å². The lowest BCUT2D eigenvalue weighted by atomic mass is 9.86. The molecule has 0 atom stereocenters. The minimum absolute atomic E-state index is 0.378. The Labute approximate surface area is 105 Å². The van der Waals surface area contributed by atoms with Gasteiger partial charge >= 0.3 is 6.18 Å². The second-order valence-electron chi connectivity index (χ2n) is 4.62. The zero-order chi connectivity index (χ0) is 13.2. The van der Waals surface area contributed by atoms with Gasteiger partial charge in [-0.2, -0.15) is 13.2 Å². The molecule has 1 nitrogen and oxygen atoms in total. The number of hydrogen-bond donors (Lipinski definition) is 1. The highest BCUT2D eigenvalue weighted by Crippen LogP contribution is 2.32. The molecule has 1 fully saturated rings. The summed E-state index contributed by atoms with van der Waals surface area (Å²) in [7, 11) is 0. The van der Waals surface area contributed by atoms with Crippen molar-refractivity contribution in [2.45, 2.75) is 19.0 Å². The van der Waals surface area contributed by atoms with Crippen LogP contribution in [0.25, 0.3) is 5.57 Å². The summed E-state index contributed by atoms with van der Waals surface area (Å²) in [5.41, 5.74) is 1.16. The van der Waals surface area contributed by atoms with Gasteiger partial charge in [0.2, 0.25) is 0 Å². The first kappa shape index (κ1) is 13.1. The van der Waals surface area contributed by atoms with E-state index in [1.807, 2.05) is 0 Å². The van der Waals surface area contributed by atoms with Crippen LogP contribution >= 0.6 is 0 Å². The SMILES string of the molecule is C=C(c1ccc(C(F)(F)F)cc1)C1CCNCC1. The number of hydrogen-bond acceptors (Lipinski definition) is 1. The third kappa shape index (κ3) is 2.93. The third-order valence-corrected chi connectivity index (χ3v) is 3.41. The molecule has 1 aromatic rings. The normalized spacial score (nSPS) is 17.7. The van der Waals surface area contributed by atoms with Crippen molar-refractivity contribution in [3.05, 3.63) is 42.0 Å². The van der Waals surface area contributed by atoms with Crippen LogP contribution in [0.4, 0.5) is 13.2 Å². The van der Waals surface area contributed by atoms with Gasteiger partial charge in [0.05, 0.1) is 5.56 Å². The van der Waals surface area contributed by atoms with Gasteiger partial charge in [0, 0.05) is 0 Å². The van der Waals surface area contributed by atoms with Crippen molar-refractivity contribution in [1.29, 1.82) is 0 Å². The lowest BCUT2D eigenvalue weighted by Gasteiger charge is -2.25. The molecular weight excluding hydrogens is 239 g/mol. The highest BCUT2D eigenvalue weighted by molar-refractivity contribution is 5.65. The lowest BCUT2D eigenvalue weighted by molar-refractivity contribution is -0.137. The van der Waals surface area contributed by atoms with Crippen molar-refractivity contribution < 1.29 is 13.2 Å². The van der Waals surface area contributed by atoms with E-state index in [2.05, 4.69) is 11.9 Å². The molecule has 2 rings (SSSR count). The first-order chi connectivity index (χ1) is 8.48. The number of allylic oxidation sites excluding steroid dienone is 1. The Morgan fingerprint density at radius 3 is 2.17 bits per heavy atom. The molecule has 0 aromatic heterocycles. The highest BCUT2D eigenvalue weighted by Gasteiger charge is 2.30. The molecule has 0 bridgehead atoms. The summed E-state index contributed by atoms with van der Waals surface area (Å²) in [5, 5.41) is 3.26. The summed E-state index contributed by atoms with van der Waals surface area (Å²) in [6.45, 7) is 5.93. The summed E-state index contributed by atoms with van der Waals surface area (Å²) in [5.74, 6) is 0.378. The van der Waals surface area contributed by atoms with Crippen LogP contribution in [0, 0.1) is 5.92 Å². The Morgan fingerprint density at radius 1 is 1.11 bits per heavy atom. The molecule has 18 heavy (non-hydrogen) atoms. The van der Waals surface area contributed by atoms with Crippen LogP contribution in [-0.4, -0.2) is 13.1 Å². The molecule has 1 aliphatic rings. The van der Waals surface area contributed by atoms with Crippen molar-refractivity contribution in [2.24, 2.45) is 5.92 Å². The van der Waals surface area contributed by atoms with Gasteiger partial charge in [0.15, 0.2) is 0 Å². The first-order valence-corrected chi connectivity index (χ1v) is 6.05. The zero-order valence-corrected chi connectivity index (χ0v) is 10.1. The molecule has 1 saturated heterocycles. The average Bonchev–Trinajstić information content (AvgIpc) is 2.38. The molecule has 1 heterocycles. The Bertz CT molecular complexity index is 414. The van der Waals surface area contributed by atoms with Gasteiger partial charge in [-0.1, -0.05) is 18.7 Å². The molecule has 0 radical (unpaired) electrons. The summed E-state index contributed by atoms with van der Waals surface area (Å²) in [6.07, 6.45) is -2.27. The smallest absolute Gasteiger partial charge is 0.317 e. The number of benzene rings is 1. The van der Waals surface area contributed by atoms with Crippen LogP contribution in [0.5, 0.6) is 0 Å². The van der Waals surface area contributed by atoms with E-state index in [9.17, 15) is 13.2 Å². The van der Waals surface area contributed by atoms with E-state index in [4.69, 9.17) is 0 Å².